The molecular formula is C5H8O2. The molecule has 0 saturated carbocycles. The van der Waals surface area contributed by atoms with Gasteiger partial charge in [0.1, 0.15) is 6.10 Å². The van der Waals surface area contributed by atoms with Crippen LogP contribution in [0.3, 0.4) is 0 Å². The summed E-state index contributed by atoms with van der Waals surface area (Å²) in [6, 6.07) is 0. The molecule has 0 rings (SSSR count). The molecule has 0 saturated heterocycles. The van der Waals surface area contributed by atoms with E-state index < -0.39 is 6.10 Å². The van der Waals surface area contributed by atoms with Crippen molar-refractivity contribution in [1.82, 2.24) is 0 Å². The lowest BCUT2D eigenvalue weighted by molar-refractivity contribution is -0.114. The van der Waals surface area contributed by atoms with Crippen molar-refractivity contribution >= 4 is 6.29 Å². The van der Waals surface area contributed by atoms with Crippen LogP contribution < -0.4 is 0 Å². The largest absolute Gasteiger partial charge is 0.370 e. The molecule has 40 valence electrons. The number of hydrogen-bond acceptors (Lipinski definition) is 2. The molecule has 0 aromatic rings. The highest BCUT2D eigenvalue weighted by Gasteiger charge is 1.92. The number of carbonyl (C=O) groups excluding carboxylic acids is 1. The van der Waals surface area contributed by atoms with Crippen LogP contribution in [0.4, 0.5) is 0 Å². The van der Waals surface area contributed by atoms with E-state index in [9.17, 15) is 4.79 Å². The zero-order valence-corrected chi connectivity index (χ0v) is 4.26. The Morgan fingerprint density at radius 3 is 2.43 bits per heavy atom. The molecule has 0 bridgehead atoms. The summed E-state index contributed by atoms with van der Waals surface area (Å²) >= 11 is 0. The fourth-order valence-corrected chi connectivity index (χ4v) is 0.207. The number of ether oxygens (including phenoxy) is 1. The van der Waals surface area contributed by atoms with E-state index in [0.29, 0.717) is 6.29 Å². The maximum Gasteiger partial charge on any atom is 0.152 e. The molecule has 0 radical (unpaired) electrons. The monoisotopic (exact) mass is 100 g/mol. The lowest BCUT2D eigenvalue weighted by atomic mass is 10.4. The third-order valence-corrected chi connectivity index (χ3v) is 0.639. The van der Waals surface area contributed by atoms with Gasteiger partial charge < -0.3 is 9.53 Å². The van der Waals surface area contributed by atoms with Crippen LogP contribution in [0.1, 0.15) is 0 Å². The normalized spacial score (nSPS) is 12.7. The third-order valence-electron chi connectivity index (χ3n) is 0.639. The van der Waals surface area contributed by atoms with Crippen molar-refractivity contribution in [2.24, 2.45) is 0 Å². The Morgan fingerprint density at radius 1 is 1.86 bits per heavy atom. The highest BCUT2D eigenvalue weighted by Crippen LogP contribution is 1.81. The molecule has 0 N–H and O–H groups in total. The van der Waals surface area contributed by atoms with Gasteiger partial charge in [-0.1, -0.05) is 6.08 Å². The van der Waals surface area contributed by atoms with Crippen LogP contribution in [0.5, 0.6) is 0 Å². The fourth-order valence-electron chi connectivity index (χ4n) is 0.207. The topological polar surface area (TPSA) is 26.3 Å². The summed E-state index contributed by atoms with van der Waals surface area (Å²) in [6.07, 6.45) is 1.69. The molecular weight excluding hydrogens is 92.1 g/mol. The van der Waals surface area contributed by atoms with Gasteiger partial charge in [0, 0.05) is 7.11 Å². The maximum absolute atomic E-state index is 9.77. The first-order valence-corrected chi connectivity index (χ1v) is 1.95. The molecule has 0 spiro atoms. The van der Waals surface area contributed by atoms with Gasteiger partial charge in [0.15, 0.2) is 6.29 Å². The summed E-state index contributed by atoms with van der Waals surface area (Å²) in [5, 5.41) is 0. The SMILES string of the molecule is C=CC(C=O)OC. The van der Waals surface area contributed by atoms with Gasteiger partial charge in [-0.25, -0.2) is 0 Å². The van der Waals surface area contributed by atoms with Crippen LogP contribution in [0.2, 0.25) is 0 Å². The maximum atomic E-state index is 9.77. The average molecular weight is 100 g/mol. The van der Waals surface area contributed by atoms with Gasteiger partial charge in [0.2, 0.25) is 0 Å². The molecule has 0 fully saturated rings. The Morgan fingerprint density at radius 2 is 2.43 bits per heavy atom. The first kappa shape index (κ1) is 6.37. The van der Waals surface area contributed by atoms with Crippen LogP contribution in [-0.2, 0) is 9.53 Å². The van der Waals surface area contributed by atoms with Gasteiger partial charge in [-0.05, 0) is 0 Å². The van der Waals surface area contributed by atoms with Gasteiger partial charge in [0.05, 0.1) is 0 Å². The lowest BCUT2D eigenvalue weighted by Gasteiger charge is -1.96. The Labute approximate surface area is 42.8 Å². The van der Waals surface area contributed by atoms with Gasteiger partial charge in [-0.15, -0.1) is 6.58 Å². The Balaban J connectivity index is 3.36. The summed E-state index contributed by atoms with van der Waals surface area (Å²) in [6.45, 7) is 3.35. The van der Waals surface area contributed by atoms with Crippen molar-refractivity contribution in [3.63, 3.8) is 0 Å². The fraction of sp³-hybridized carbons (Fsp3) is 0.400. The van der Waals surface area contributed by atoms with E-state index in [1.807, 2.05) is 0 Å². The molecule has 0 aromatic carbocycles. The minimum atomic E-state index is -0.431. The molecule has 0 amide bonds. The highest BCUT2D eigenvalue weighted by molar-refractivity contribution is 5.58. The standard InChI is InChI=1S/C5H8O2/c1-3-5(4-6)7-2/h3-5H,1H2,2H3. The summed E-state index contributed by atoms with van der Waals surface area (Å²) in [5.41, 5.74) is 0. The number of aldehydes is 1. The van der Waals surface area contributed by atoms with Crippen molar-refractivity contribution in [3.05, 3.63) is 12.7 Å². The number of hydrogen-bond donors (Lipinski definition) is 0. The first-order valence-electron chi connectivity index (χ1n) is 1.95. The second-order valence-electron chi connectivity index (χ2n) is 1.07. The Bertz CT molecular complexity index is 60.5. The van der Waals surface area contributed by atoms with E-state index in [1.54, 1.807) is 0 Å². The molecule has 2 heteroatoms. The Hall–Kier alpha value is -0.630. The van der Waals surface area contributed by atoms with E-state index in [0.717, 1.165) is 0 Å². The molecule has 0 aliphatic carbocycles. The average Bonchev–Trinajstić information content (AvgIpc) is 1.72. The third kappa shape index (κ3) is 2.11. The van der Waals surface area contributed by atoms with Crippen molar-refractivity contribution < 1.29 is 9.53 Å². The van der Waals surface area contributed by atoms with E-state index in [1.165, 1.54) is 13.2 Å². The van der Waals surface area contributed by atoms with Crippen molar-refractivity contribution in [2.75, 3.05) is 7.11 Å². The quantitative estimate of drug-likeness (QED) is 0.378. The Kier molecular flexibility index (Phi) is 3.24. The highest BCUT2D eigenvalue weighted by atomic mass is 16.5. The van der Waals surface area contributed by atoms with Gasteiger partial charge >= 0.3 is 0 Å². The van der Waals surface area contributed by atoms with Crippen molar-refractivity contribution in [1.29, 1.82) is 0 Å². The van der Waals surface area contributed by atoms with Gasteiger partial charge in [-0.2, -0.15) is 0 Å². The molecule has 0 aliphatic rings. The minimum absolute atomic E-state index is 0.431. The second kappa shape index (κ2) is 3.56. The smallest absolute Gasteiger partial charge is 0.152 e. The van der Waals surface area contributed by atoms with E-state index in [2.05, 4.69) is 11.3 Å². The minimum Gasteiger partial charge on any atom is -0.370 e. The number of rotatable bonds is 3. The zero-order chi connectivity index (χ0) is 5.70. The predicted octanol–water partition coefficient (Wildman–Crippen LogP) is 0.386. The van der Waals surface area contributed by atoms with E-state index in [-0.39, 0.29) is 0 Å². The number of carbonyl (C=O) groups is 1. The molecule has 0 heterocycles. The van der Waals surface area contributed by atoms with Crippen LogP contribution in [0.25, 0.3) is 0 Å². The predicted molar refractivity (Wildman–Crippen MR) is 27.1 cm³/mol. The lowest BCUT2D eigenvalue weighted by Crippen LogP contribution is -2.06. The van der Waals surface area contributed by atoms with E-state index in [4.69, 9.17) is 0 Å². The summed E-state index contributed by atoms with van der Waals surface area (Å²) < 4.78 is 4.56. The molecule has 7 heavy (non-hydrogen) atoms. The van der Waals surface area contributed by atoms with Crippen LogP contribution in [0.15, 0.2) is 12.7 Å². The number of methoxy groups -OCH3 is 1. The van der Waals surface area contributed by atoms with E-state index >= 15 is 0 Å². The molecule has 1 unspecified atom stereocenters. The molecule has 0 aliphatic heterocycles. The van der Waals surface area contributed by atoms with Crippen molar-refractivity contribution in [2.45, 2.75) is 6.10 Å². The van der Waals surface area contributed by atoms with Crippen LogP contribution >= 0.6 is 0 Å². The first-order chi connectivity index (χ1) is 3.35. The van der Waals surface area contributed by atoms with Gasteiger partial charge in [-0.3, -0.25) is 0 Å². The molecule has 2 nitrogen and oxygen atoms in total. The van der Waals surface area contributed by atoms with Crippen LogP contribution in [-0.4, -0.2) is 19.5 Å². The summed E-state index contributed by atoms with van der Waals surface area (Å²) in [4.78, 5) is 9.77. The van der Waals surface area contributed by atoms with Crippen molar-refractivity contribution in [3.8, 4) is 0 Å². The summed E-state index contributed by atoms with van der Waals surface area (Å²) in [5.74, 6) is 0. The molecule has 0 aromatic heterocycles. The second-order valence-corrected chi connectivity index (χ2v) is 1.07. The molecule has 1 atom stereocenters. The summed E-state index contributed by atoms with van der Waals surface area (Å²) in [7, 11) is 1.46. The zero-order valence-electron chi connectivity index (χ0n) is 4.26. The van der Waals surface area contributed by atoms with Gasteiger partial charge in [0.25, 0.3) is 0 Å². The van der Waals surface area contributed by atoms with Crippen LogP contribution in [0, 0.1) is 0 Å².